The summed E-state index contributed by atoms with van der Waals surface area (Å²) in [6, 6.07) is 25.9. The molecule has 2 N–H and O–H groups in total. The average molecular weight is 647 g/mol. The Hall–Kier alpha value is -4.51. The van der Waals surface area contributed by atoms with Crippen LogP contribution in [0.2, 0.25) is 5.02 Å². The number of thiazole rings is 1. The molecule has 0 aliphatic rings. The minimum atomic E-state index is -3.51. The van der Waals surface area contributed by atoms with Gasteiger partial charge in [0.2, 0.25) is 0 Å². The summed E-state index contributed by atoms with van der Waals surface area (Å²) in [6.45, 7) is -0.594. The number of para-hydroxylation sites is 1. The summed E-state index contributed by atoms with van der Waals surface area (Å²) in [5.41, 5.74) is 2.99. The monoisotopic (exact) mass is 646 g/mol. The van der Waals surface area contributed by atoms with Crippen molar-refractivity contribution in [3.8, 4) is 5.75 Å². The molecule has 44 heavy (non-hydrogen) atoms. The number of carbonyl (C=O) groups excluding carboxylic acids is 1. The second-order valence-corrected chi connectivity index (χ2v) is 13.4. The first kappa shape index (κ1) is 30.9. The molecule has 224 valence electrons. The predicted molar refractivity (Wildman–Crippen MR) is 174 cm³/mol. The molecule has 1 aromatic heterocycles. The summed E-state index contributed by atoms with van der Waals surface area (Å²) in [7, 11) is -3.51. The van der Waals surface area contributed by atoms with E-state index in [0.29, 0.717) is 29.0 Å². The first-order valence-corrected chi connectivity index (χ1v) is 16.4. The number of carboxylic acids is 1. The standard InChI is InChI=1S/C33H27ClN2O6S2/c34-24-13-15-25(16-14-24)44(40,41)19-5-6-22-11-17-29(42-21-32(37)38)28(20-22)36-33(39)26-8-2-1-7-23(26)12-18-31-35-27-9-3-4-10-30(27)43-31/h1-4,7-18,20H,5-6,19,21H2,(H,36,39)(H,37,38)/b18-12+. The number of halogens is 1. The number of hydrogen-bond acceptors (Lipinski definition) is 7. The van der Waals surface area contributed by atoms with Crippen LogP contribution < -0.4 is 10.1 Å². The van der Waals surface area contributed by atoms with Crippen molar-refractivity contribution in [3.05, 3.63) is 118 Å². The normalized spacial score (nSPS) is 11.6. The summed E-state index contributed by atoms with van der Waals surface area (Å²) >= 11 is 7.43. The van der Waals surface area contributed by atoms with Gasteiger partial charge in [0.1, 0.15) is 10.8 Å². The van der Waals surface area contributed by atoms with E-state index in [1.54, 1.807) is 41.7 Å². The molecule has 8 nitrogen and oxygen atoms in total. The predicted octanol–water partition coefficient (Wildman–Crippen LogP) is 7.24. The highest BCUT2D eigenvalue weighted by molar-refractivity contribution is 7.91. The lowest BCUT2D eigenvalue weighted by Crippen LogP contribution is -2.16. The van der Waals surface area contributed by atoms with E-state index in [0.717, 1.165) is 20.8 Å². The maximum atomic E-state index is 13.5. The Bertz CT molecular complexity index is 1920. The molecule has 0 spiro atoms. The summed E-state index contributed by atoms with van der Waals surface area (Å²) in [4.78, 5) is 29.5. The molecule has 0 unspecified atom stereocenters. The quantitative estimate of drug-likeness (QED) is 0.146. The molecule has 1 amide bonds. The van der Waals surface area contributed by atoms with E-state index in [2.05, 4.69) is 10.3 Å². The van der Waals surface area contributed by atoms with Crippen molar-refractivity contribution in [3.63, 3.8) is 0 Å². The molecule has 5 aromatic rings. The van der Waals surface area contributed by atoms with E-state index in [-0.39, 0.29) is 22.1 Å². The molecular weight excluding hydrogens is 620 g/mol. The molecule has 0 fully saturated rings. The smallest absolute Gasteiger partial charge is 0.341 e. The van der Waals surface area contributed by atoms with Gasteiger partial charge < -0.3 is 15.2 Å². The Morgan fingerprint density at radius 3 is 2.48 bits per heavy atom. The van der Waals surface area contributed by atoms with E-state index in [9.17, 15) is 18.0 Å². The third-order valence-electron chi connectivity index (χ3n) is 6.62. The number of amides is 1. The largest absolute Gasteiger partial charge is 0.480 e. The third kappa shape index (κ3) is 7.90. The lowest BCUT2D eigenvalue weighted by Gasteiger charge is -2.14. The summed E-state index contributed by atoms with van der Waals surface area (Å²) in [5, 5.41) is 13.2. The minimum absolute atomic E-state index is 0.0814. The Morgan fingerprint density at radius 1 is 0.955 bits per heavy atom. The SMILES string of the molecule is O=C(O)COc1ccc(CCCS(=O)(=O)c2ccc(Cl)cc2)cc1NC(=O)c1ccccc1/C=C/c1nc2ccccc2s1. The van der Waals surface area contributed by atoms with Crippen molar-refractivity contribution in [2.75, 3.05) is 17.7 Å². The van der Waals surface area contributed by atoms with Crippen molar-refractivity contribution in [1.29, 1.82) is 0 Å². The zero-order valence-electron chi connectivity index (χ0n) is 23.3. The van der Waals surface area contributed by atoms with Gasteiger partial charge in [-0.25, -0.2) is 18.2 Å². The van der Waals surface area contributed by atoms with Gasteiger partial charge in [0, 0.05) is 10.6 Å². The fraction of sp³-hybridized carbons (Fsp3) is 0.121. The second-order valence-electron chi connectivity index (χ2n) is 9.78. The van der Waals surface area contributed by atoms with E-state index < -0.39 is 28.3 Å². The minimum Gasteiger partial charge on any atom is -0.480 e. The molecule has 0 atom stereocenters. The molecule has 0 saturated heterocycles. The molecule has 11 heteroatoms. The van der Waals surface area contributed by atoms with E-state index in [4.69, 9.17) is 21.4 Å². The molecule has 0 aliphatic carbocycles. The zero-order chi connectivity index (χ0) is 31.1. The number of anilines is 1. The van der Waals surface area contributed by atoms with Gasteiger partial charge in [0.05, 0.1) is 26.6 Å². The van der Waals surface area contributed by atoms with Crippen LogP contribution in [0.4, 0.5) is 5.69 Å². The van der Waals surface area contributed by atoms with Gasteiger partial charge in [-0.2, -0.15) is 0 Å². The second kappa shape index (κ2) is 13.9. The number of aliphatic carboxylic acids is 1. The summed E-state index contributed by atoms with van der Waals surface area (Å²) in [5.74, 6) is -1.48. The number of benzene rings is 4. The molecule has 0 aliphatic heterocycles. The molecule has 0 radical (unpaired) electrons. The highest BCUT2D eigenvalue weighted by Gasteiger charge is 2.17. The van der Waals surface area contributed by atoms with Crippen molar-refractivity contribution >= 4 is 72.7 Å². The van der Waals surface area contributed by atoms with E-state index in [1.807, 2.05) is 48.6 Å². The number of rotatable bonds is 12. The maximum absolute atomic E-state index is 13.5. The van der Waals surface area contributed by atoms with Crippen molar-refractivity contribution in [1.82, 2.24) is 4.98 Å². The van der Waals surface area contributed by atoms with E-state index >= 15 is 0 Å². The molecule has 5 rings (SSSR count). The van der Waals surface area contributed by atoms with E-state index in [1.165, 1.54) is 24.3 Å². The van der Waals surface area contributed by atoms with Gasteiger partial charge >= 0.3 is 5.97 Å². The van der Waals surface area contributed by atoms with Gasteiger partial charge in [-0.3, -0.25) is 4.79 Å². The Labute approximate surface area is 263 Å². The van der Waals surface area contributed by atoms with Crippen LogP contribution in [0, 0.1) is 0 Å². The number of carbonyl (C=O) groups is 2. The topological polar surface area (TPSA) is 123 Å². The molecule has 0 bridgehead atoms. The fourth-order valence-electron chi connectivity index (χ4n) is 4.48. The van der Waals surface area contributed by atoms with Crippen LogP contribution in [0.1, 0.15) is 32.9 Å². The number of carboxylic acid groups (broad SMARTS) is 1. The van der Waals surface area contributed by atoms with Crippen molar-refractivity contribution < 1.29 is 27.9 Å². The Morgan fingerprint density at radius 2 is 1.70 bits per heavy atom. The van der Waals surface area contributed by atoms with Crippen LogP contribution in [0.3, 0.4) is 0 Å². The lowest BCUT2D eigenvalue weighted by molar-refractivity contribution is -0.139. The molecule has 1 heterocycles. The average Bonchev–Trinajstić information content (AvgIpc) is 3.43. The van der Waals surface area contributed by atoms with Crippen LogP contribution in [0.25, 0.3) is 22.4 Å². The molecule has 0 saturated carbocycles. The van der Waals surface area contributed by atoms with Gasteiger partial charge in [0.15, 0.2) is 16.4 Å². The number of aryl methyl sites for hydroxylation is 1. The fourth-order valence-corrected chi connectivity index (χ4v) is 6.79. The van der Waals surface area contributed by atoms with Crippen molar-refractivity contribution in [2.24, 2.45) is 0 Å². The molecule has 4 aromatic carbocycles. The zero-order valence-corrected chi connectivity index (χ0v) is 25.7. The third-order valence-corrected chi connectivity index (χ3v) is 9.69. The number of nitrogens with zero attached hydrogens (tertiary/aromatic N) is 1. The van der Waals surface area contributed by atoms with Crippen LogP contribution >= 0.6 is 22.9 Å². The van der Waals surface area contributed by atoms with Crippen LogP contribution in [-0.4, -0.2) is 42.7 Å². The van der Waals surface area contributed by atoms with Gasteiger partial charge in [-0.15, -0.1) is 11.3 Å². The number of hydrogen-bond donors (Lipinski definition) is 2. The highest BCUT2D eigenvalue weighted by Crippen LogP contribution is 2.29. The lowest BCUT2D eigenvalue weighted by atomic mass is 10.1. The number of sulfone groups is 1. The number of aromatic nitrogens is 1. The van der Waals surface area contributed by atoms with Gasteiger partial charge in [-0.05, 0) is 84.6 Å². The van der Waals surface area contributed by atoms with Gasteiger partial charge in [-0.1, -0.05) is 54.1 Å². The number of fused-ring (bicyclic) bond motifs is 1. The Balaban J connectivity index is 1.33. The first-order chi connectivity index (χ1) is 21.2. The van der Waals surface area contributed by atoms with Crippen molar-refractivity contribution in [2.45, 2.75) is 17.7 Å². The Kier molecular flexibility index (Phi) is 9.74. The van der Waals surface area contributed by atoms with Crippen LogP contribution in [0.15, 0.2) is 95.9 Å². The van der Waals surface area contributed by atoms with Gasteiger partial charge in [0.25, 0.3) is 5.91 Å². The van der Waals surface area contributed by atoms with Crippen LogP contribution in [0.5, 0.6) is 5.75 Å². The first-order valence-electron chi connectivity index (χ1n) is 13.6. The highest BCUT2D eigenvalue weighted by atomic mass is 35.5. The number of nitrogens with one attached hydrogen (secondary N) is 1. The molecular formula is C33H27ClN2O6S2. The summed E-state index contributed by atoms with van der Waals surface area (Å²) in [6.07, 6.45) is 4.41. The summed E-state index contributed by atoms with van der Waals surface area (Å²) < 4.78 is 32.0. The number of ether oxygens (including phenoxy) is 1. The maximum Gasteiger partial charge on any atom is 0.341 e. The van der Waals surface area contributed by atoms with Crippen LogP contribution in [-0.2, 0) is 21.1 Å².